The predicted molar refractivity (Wildman–Crippen MR) is 77.5 cm³/mol. The number of hydrogen-bond donors (Lipinski definition) is 1. The number of fused-ring (bicyclic) bond motifs is 1. The van der Waals surface area contributed by atoms with Crippen LogP contribution in [-0.2, 0) is 0 Å². The lowest BCUT2D eigenvalue weighted by molar-refractivity contribution is 0.567. The third kappa shape index (κ3) is 1.99. The van der Waals surface area contributed by atoms with Crippen LogP contribution in [0.4, 0.5) is 5.13 Å². The van der Waals surface area contributed by atoms with Crippen LogP contribution >= 0.6 is 22.9 Å². The molecule has 0 spiro atoms. The van der Waals surface area contributed by atoms with E-state index in [0.717, 1.165) is 32.2 Å². The quantitative estimate of drug-likeness (QED) is 0.887. The van der Waals surface area contributed by atoms with Crippen LogP contribution < -0.4 is 5.32 Å². The van der Waals surface area contributed by atoms with Crippen LogP contribution in [0.5, 0.6) is 0 Å². The summed E-state index contributed by atoms with van der Waals surface area (Å²) >= 11 is 7.89. The van der Waals surface area contributed by atoms with Gasteiger partial charge in [0.15, 0.2) is 5.13 Å². The lowest BCUT2D eigenvalue weighted by Gasteiger charge is -2.16. The first-order chi connectivity index (χ1) is 8.81. The number of aromatic nitrogens is 1. The van der Waals surface area contributed by atoms with Gasteiger partial charge in [-0.25, -0.2) is 4.98 Å². The van der Waals surface area contributed by atoms with Gasteiger partial charge in [0, 0.05) is 6.04 Å². The Bertz CT molecular complexity index is 574. The Morgan fingerprint density at radius 1 is 1.22 bits per heavy atom. The molecule has 4 rings (SSSR count). The third-order valence-electron chi connectivity index (χ3n) is 3.92. The summed E-state index contributed by atoms with van der Waals surface area (Å²) in [7, 11) is 0. The summed E-state index contributed by atoms with van der Waals surface area (Å²) in [4.78, 5) is 4.66. The average molecular weight is 279 g/mol. The second kappa shape index (κ2) is 4.10. The molecule has 2 saturated carbocycles. The number of halogens is 1. The number of anilines is 1. The average Bonchev–Trinajstić information content (AvgIpc) is 3.25. The molecule has 0 unspecified atom stereocenters. The number of rotatable bonds is 4. The molecule has 2 aromatic rings. The molecule has 18 heavy (non-hydrogen) atoms. The van der Waals surface area contributed by atoms with Crippen LogP contribution in [0, 0.1) is 11.8 Å². The first kappa shape index (κ1) is 11.1. The minimum atomic E-state index is 0.657. The number of thiazole rings is 1. The lowest BCUT2D eigenvalue weighted by Crippen LogP contribution is -2.23. The summed E-state index contributed by atoms with van der Waals surface area (Å²) in [5.74, 6) is 1.78. The molecule has 94 valence electrons. The van der Waals surface area contributed by atoms with Crippen molar-refractivity contribution in [1.82, 2.24) is 4.98 Å². The maximum Gasteiger partial charge on any atom is 0.184 e. The molecular weight excluding hydrogens is 264 g/mol. The highest BCUT2D eigenvalue weighted by atomic mass is 35.5. The summed E-state index contributed by atoms with van der Waals surface area (Å²) in [6, 6.07) is 6.59. The SMILES string of the molecule is Clc1cccc2nc(NC(C3CC3)C3CC3)sc12. The highest BCUT2D eigenvalue weighted by molar-refractivity contribution is 7.22. The van der Waals surface area contributed by atoms with Gasteiger partial charge in [0.2, 0.25) is 0 Å². The first-order valence-electron chi connectivity index (χ1n) is 6.63. The van der Waals surface area contributed by atoms with Crippen LogP contribution in [0.2, 0.25) is 5.02 Å². The largest absolute Gasteiger partial charge is 0.358 e. The number of nitrogens with one attached hydrogen (secondary N) is 1. The van der Waals surface area contributed by atoms with Crippen molar-refractivity contribution in [3.63, 3.8) is 0 Å². The predicted octanol–water partition coefficient (Wildman–Crippen LogP) is 4.55. The van der Waals surface area contributed by atoms with E-state index in [1.54, 1.807) is 11.3 Å². The number of benzene rings is 1. The topological polar surface area (TPSA) is 24.9 Å². The van der Waals surface area contributed by atoms with E-state index < -0.39 is 0 Å². The van der Waals surface area contributed by atoms with Gasteiger partial charge in [0.1, 0.15) is 0 Å². The zero-order valence-electron chi connectivity index (χ0n) is 10.0. The van der Waals surface area contributed by atoms with Crippen LogP contribution in [-0.4, -0.2) is 11.0 Å². The second-order valence-electron chi connectivity index (χ2n) is 5.45. The third-order valence-corrected chi connectivity index (χ3v) is 5.38. The van der Waals surface area contributed by atoms with Gasteiger partial charge in [-0.3, -0.25) is 0 Å². The molecule has 1 N–H and O–H groups in total. The van der Waals surface area contributed by atoms with E-state index >= 15 is 0 Å². The van der Waals surface area contributed by atoms with Gasteiger partial charge in [0.25, 0.3) is 0 Å². The van der Waals surface area contributed by atoms with Gasteiger partial charge in [-0.1, -0.05) is 29.0 Å². The Morgan fingerprint density at radius 3 is 2.56 bits per heavy atom. The van der Waals surface area contributed by atoms with Gasteiger partial charge >= 0.3 is 0 Å². The molecule has 0 radical (unpaired) electrons. The summed E-state index contributed by atoms with van der Waals surface area (Å²) in [6.45, 7) is 0. The van der Waals surface area contributed by atoms with Crippen molar-refractivity contribution < 1.29 is 0 Å². The maximum absolute atomic E-state index is 6.20. The van der Waals surface area contributed by atoms with Crippen molar-refractivity contribution in [2.24, 2.45) is 11.8 Å². The van der Waals surface area contributed by atoms with Crippen LogP contribution in [0.1, 0.15) is 25.7 Å². The summed E-state index contributed by atoms with van der Waals surface area (Å²) in [5, 5.41) is 5.52. The van der Waals surface area contributed by atoms with Crippen molar-refractivity contribution in [3.05, 3.63) is 23.2 Å². The Hall–Kier alpha value is -0.800. The summed E-state index contributed by atoms with van der Waals surface area (Å²) in [6.07, 6.45) is 5.55. The summed E-state index contributed by atoms with van der Waals surface area (Å²) in [5.41, 5.74) is 1.01. The van der Waals surface area contributed by atoms with Gasteiger partial charge in [-0.05, 0) is 49.7 Å². The monoisotopic (exact) mass is 278 g/mol. The molecule has 2 nitrogen and oxygen atoms in total. The lowest BCUT2D eigenvalue weighted by atomic mass is 10.1. The molecule has 0 bridgehead atoms. The van der Waals surface area contributed by atoms with E-state index in [2.05, 4.69) is 10.3 Å². The van der Waals surface area contributed by atoms with E-state index in [1.807, 2.05) is 18.2 Å². The van der Waals surface area contributed by atoms with E-state index in [9.17, 15) is 0 Å². The van der Waals surface area contributed by atoms with Gasteiger partial charge in [-0.2, -0.15) is 0 Å². The Labute approximate surface area is 115 Å². The molecule has 1 aromatic carbocycles. The molecule has 0 aliphatic heterocycles. The van der Waals surface area contributed by atoms with Crippen LogP contribution in [0.25, 0.3) is 10.2 Å². The maximum atomic E-state index is 6.20. The van der Waals surface area contributed by atoms with Crippen LogP contribution in [0.3, 0.4) is 0 Å². The van der Waals surface area contributed by atoms with Crippen molar-refractivity contribution in [3.8, 4) is 0 Å². The van der Waals surface area contributed by atoms with E-state index in [4.69, 9.17) is 11.6 Å². The van der Waals surface area contributed by atoms with Gasteiger partial charge in [-0.15, -0.1) is 0 Å². The Kier molecular flexibility index (Phi) is 2.52. The number of nitrogens with zero attached hydrogens (tertiary/aromatic N) is 1. The minimum absolute atomic E-state index is 0.657. The van der Waals surface area contributed by atoms with E-state index in [-0.39, 0.29) is 0 Å². The van der Waals surface area contributed by atoms with Crippen LogP contribution in [0.15, 0.2) is 18.2 Å². The Morgan fingerprint density at radius 2 is 1.94 bits per heavy atom. The fourth-order valence-corrected chi connectivity index (χ4v) is 3.85. The second-order valence-corrected chi connectivity index (χ2v) is 6.86. The normalized spacial score (nSPS) is 19.7. The van der Waals surface area contributed by atoms with Gasteiger partial charge < -0.3 is 5.32 Å². The minimum Gasteiger partial charge on any atom is -0.358 e. The van der Waals surface area contributed by atoms with Crippen molar-refractivity contribution in [2.45, 2.75) is 31.7 Å². The van der Waals surface area contributed by atoms with E-state index in [0.29, 0.717) is 6.04 Å². The fraction of sp³-hybridized carbons (Fsp3) is 0.500. The molecular formula is C14H15ClN2S. The summed E-state index contributed by atoms with van der Waals surface area (Å²) < 4.78 is 1.10. The molecule has 2 aliphatic rings. The highest BCUT2D eigenvalue weighted by Crippen LogP contribution is 2.46. The molecule has 0 amide bonds. The molecule has 1 heterocycles. The molecule has 0 atom stereocenters. The fourth-order valence-electron chi connectivity index (χ4n) is 2.65. The molecule has 0 saturated heterocycles. The zero-order chi connectivity index (χ0) is 12.1. The smallest absolute Gasteiger partial charge is 0.184 e. The molecule has 2 aliphatic carbocycles. The molecule has 4 heteroatoms. The zero-order valence-corrected chi connectivity index (χ0v) is 11.6. The molecule has 1 aromatic heterocycles. The Balaban J connectivity index is 1.63. The van der Waals surface area contributed by atoms with Crippen molar-refractivity contribution >= 4 is 38.3 Å². The molecule has 2 fully saturated rings. The van der Waals surface area contributed by atoms with Crippen molar-refractivity contribution in [2.75, 3.05) is 5.32 Å². The van der Waals surface area contributed by atoms with Gasteiger partial charge in [0.05, 0.1) is 15.2 Å². The first-order valence-corrected chi connectivity index (χ1v) is 7.82. The van der Waals surface area contributed by atoms with E-state index in [1.165, 1.54) is 25.7 Å². The van der Waals surface area contributed by atoms with Crippen molar-refractivity contribution in [1.29, 1.82) is 0 Å². The standard InChI is InChI=1S/C14H15ClN2S/c15-10-2-1-3-11-13(10)18-14(16-11)17-12(8-4-5-8)9-6-7-9/h1-3,8-9,12H,4-7H2,(H,16,17). The number of hydrogen-bond acceptors (Lipinski definition) is 3. The highest BCUT2D eigenvalue weighted by Gasteiger charge is 2.41.